The number of carbonyl (C=O) groups is 1. The van der Waals surface area contributed by atoms with Crippen LogP contribution in [0.1, 0.15) is 34.7 Å². The Labute approximate surface area is 168 Å². The normalized spacial score (nSPS) is 12.1. The van der Waals surface area contributed by atoms with Gasteiger partial charge in [-0.15, -0.1) is 0 Å². The highest BCUT2D eigenvalue weighted by Gasteiger charge is 2.22. The Kier molecular flexibility index (Phi) is 5.33. The van der Waals surface area contributed by atoms with E-state index >= 15 is 0 Å². The standard InChI is InChI=1S/C23H21FN4O/c1-16-7-10-28-21(15-26-22(28)11-16)20(18-3-2-4-19(24)12-18)13-23(29)27-14-17-5-8-25-9-6-17/h2-12,15,20H,13-14H2,1H3,(H,27,29). The zero-order valence-corrected chi connectivity index (χ0v) is 16.0. The zero-order chi connectivity index (χ0) is 20.2. The number of imidazole rings is 1. The van der Waals surface area contributed by atoms with Gasteiger partial charge in [0.2, 0.25) is 5.91 Å². The molecule has 146 valence electrons. The SMILES string of the molecule is Cc1ccn2c(C(CC(=O)NCc3ccncc3)c3cccc(F)c3)cnc2c1. The van der Waals surface area contributed by atoms with Crippen molar-refractivity contribution in [3.63, 3.8) is 0 Å². The lowest BCUT2D eigenvalue weighted by atomic mass is 9.92. The summed E-state index contributed by atoms with van der Waals surface area (Å²) >= 11 is 0. The van der Waals surface area contributed by atoms with Gasteiger partial charge in [-0.1, -0.05) is 12.1 Å². The van der Waals surface area contributed by atoms with Crippen molar-refractivity contribution < 1.29 is 9.18 Å². The van der Waals surface area contributed by atoms with Gasteiger partial charge in [-0.2, -0.15) is 0 Å². The number of benzene rings is 1. The van der Waals surface area contributed by atoms with Crippen LogP contribution in [-0.2, 0) is 11.3 Å². The van der Waals surface area contributed by atoms with Gasteiger partial charge < -0.3 is 9.72 Å². The lowest BCUT2D eigenvalue weighted by molar-refractivity contribution is -0.121. The molecule has 1 amide bonds. The maximum absolute atomic E-state index is 13.9. The van der Waals surface area contributed by atoms with Crippen molar-refractivity contribution in [1.29, 1.82) is 0 Å². The molecule has 0 fully saturated rings. The number of nitrogens with zero attached hydrogens (tertiary/aromatic N) is 3. The maximum Gasteiger partial charge on any atom is 0.221 e. The van der Waals surface area contributed by atoms with Crippen molar-refractivity contribution in [2.75, 3.05) is 0 Å². The smallest absolute Gasteiger partial charge is 0.221 e. The van der Waals surface area contributed by atoms with Crippen molar-refractivity contribution in [3.8, 4) is 0 Å². The fourth-order valence-electron chi connectivity index (χ4n) is 3.44. The van der Waals surface area contributed by atoms with Crippen LogP contribution in [-0.4, -0.2) is 20.3 Å². The molecule has 5 nitrogen and oxygen atoms in total. The van der Waals surface area contributed by atoms with Crippen molar-refractivity contribution in [2.45, 2.75) is 25.8 Å². The highest BCUT2D eigenvalue weighted by molar-refractivity contribution is 5.77. The molecule has 0 saturated carbocycles. The largest absolute Gasteiger partial charge is 0.352 e. The highest BCUT2D eigenvalue weighted by atomic mass is 19.1. The molecule has 4 rings (SSSR count). The van der Waals surface area contributed by atoms with Crippen LogP contribution in [0.3, 0.4) is 0 Å². The molecule has 1 atom stereocenters. The minimum Gasteiger partial charge on any atom is -0.352 e. The molecular weight excluding hydrogens is 367 g/mol. The number of amides is 1. The van der Waals surface area contributed by atoms with E-state index in [1.807, 2.05) is 47.9 Å². The predicted molar refractivity (Wildman–Crippen MR) is 109 cm³/mol. The number of carbonyl (C=O) groups excluding carboxylic acids is 1. The van der Waals surface area contributed by atoms with E-state index in [1.165, 1.54) is 12.1 Å². The minimum atomic E-state index is -0.325. The van der Waals surface area contributed by atoms with E-state index in [2.05, 4.69) is 15.3 Å². The molecule has 0 spiro atoms. The summed E-state index contributed by atoms with van der Waals surface area (Å²) in [5.41, 5.74) is 4.47. The monoisotopic (exact) mass is 388 g/mol. The molecule has 6 heteroatoms. The third-order valence-corrected chi connectivity index (χ3v) is 4.93. The summed E-state index contributed by atoms with van der Waals surface area (Å²) in [7, 11) is 0. The Morgan fingerprint density at radius 3 is 2.79 bits per heavy atom. The number of aryl methyl sites for hydroxylation is 1. The first-order chi connectivity index (χ1) is 14.1. The van der Waals surface area contributed by atoms with Gasteiger partial charge >= 0.3 is 0 Å². The van der Waals surface area contributed by atoms with Crippen molar-refractivity contribution in [3.05, 3.63) is 102 Å². The Hall–Kier alpha value is -3.54. The first-order valence-electron chi connectivity index (χ1n) is 9.45. The van der Waals surface area contributed by atoms with E-state index in [1.54, 1.807) is 24.7 Å². The second-order valence-corrected chi connectivity index (χ2v) is 7.06. The molecule has 0 bridgehead atoms. The van der Waals surface area contributed by atoms with Gasteiger partial charge in [0.15, 0.2) is 0 Å². The van der Waals surface area contributed by atoms with E-state index in [0.29, 0.717) is 6.54 Å². The van der Waals surface area contributed by atoms with Gasteiger partial charge in [0, 0.05) is 43.7 Å². The van der Waals surface area contributed by atoms with Crippen LogP contribution < -0.4 is 5.32 Å². The number of hydrogen-bond donors (Lipinski definition) is 1. The molecule has 0 saturated heterocycles. The molecule has 0 aliphatic carbocycles. The molecule has 1 unspecified atom stereocenters. The van der Waals surface area contributed by atoms with Gasteiger partial charge in [0.25, 0.3) is 0 Å². The van der Waals surface area contributed by atoms with Crippen LogP contribution in [0.5, 0.6) is 0 Å². The summed E-state index contributed by atoms with van der Waals surface area (Å²) in [4.78, 5) is 21.2. The lowest BCUT2D eigenvalue weighted by Crippen LogP contribution is -2.25. The molecular formula is C23H21FN4O. The summed E-state index contributed by atoms with van der Waals surface area (Å²) in [5.74, 6) is -0.756. The Bertz CT molecular complexity index is 1140. The summed E-state index contributed by atoms with van der Waals surface area (Å²) in [5, 5.41) is 2.94. The van der Waals surface area contributed by atoms with Crippen molar-refractivity contribution in [1.82, 2.24) is 19.7 Å². The second kappa shape index (κ2) is 8.22. The third-order valence-electron chi connectivity index (χ3n) is 4.93. The summed E-state index contributed by atoms with van der Waals surface area (Å²) in [6.07, 6.45) is 7.28. The van der Waals surface area contributed by atoms with Crippen LogP contribution in [0, 0.1) is 12.7 Å². The second-order valence-electron chi connectivity index (χ2n) is 7.06. The molecule has 0 radical (unpaired) electrons. The van der Waals surface area contributed by atoms with Crippen LogP contribution in [0.25, 0.3) is 5.65 Å². The first kappa shape index (κ1) is 18.8. The van der Waals surface area contributed by atoms with Gasteiger partial charge in [0.05, 0.1) is 5.69 Å². The quantitative estimate of drug-likeness (QED) is 0.543. The number of hydrogen-bond acceptors (Lipinski definition) is 3. The molecule has 29 heavy (non-hydrogen) atoms. The van der Waals surface area contributed by atoms with E-state index in [4.69, 9.17) is 0 Å². The number of nitrogens with one attached hydrogen (secondary N) is 1. The number of pyridine rings is 2. The van der Waals surface area contributed by atoms with Crippen LogP contribution in [0.2, 0.25) is 0 Å². The number of aromatic nitrogens is 3. The van der Waals surface area contributed by atoms with E-state index in [0.717, 1.165) is 28.0 Å². The predicted octanol–water partition coefficient (Wildman–Crippen LogP) is 4.02. The average Bonchev–Trinajstić information content (AvgIpc) is 3.14. The zero-order valence-electron chi connectivity index (χ0n) is 16.0. The van der Waals surface area contributed by atoms with Crippen molar-refractivity contribution in [2.24, 2.45) is 0 Å². The fraction of sp³-hybridized carbons (Fsp3) is 0.174. The summed E-state index contributed by atoms with van der Waals surface area (Å²) in [6.45, 7) is 2.43. The van der Waals surface area contributed by atoms with Crippen LogP contribution in [0.15, 0.2) is 73.3 Å². The third kappa shape index (κ3) is 4.32. The number of halogens is 1. The molecule has 1 N–H and O–H groups in total. The number of fused-ring (bicyclic) bond motifs is 1. The molecule has 0 aliphatic heterocycles. The summed E-state index contributed by atoms with van der Waals surface area (Å²) in [6, 6.07) is 14.1. The van der Waals surface area contributed by atoms with E-state index in [9.17, 15) is 9.18 Å². The Morgan fingerprint density at radius 1 is 1.17 bits per heavy atom. The summed E-state index contributed by atoms with van der Waals surface area (Å²) < 4.78 is 15.9. The van der Waals surface area contributed by atoms with E-state index < -0.39 is 0 Å². The molecule has 3 heterocycles. The van der Waals surface area contributed by atoms with Gasteiger partial charge in [-0.3, -0.25) is 9.78 Å². The highest BCUT2D eigenvalue weighted by Crippen LogP contribution is 2.29. The number of rotatable bonds is 6. The minimum absolute atomic E-state index is 0.113. The average molecular weight is 388 g/mol. The fourth-order valence-corrected chi connectivity index (χ4v) is 3.44. The maximum atomic E-state index is 13.9. The van der Waals surface area contributed by atoms with Crippen LogP contribution >= 0.6 is 0 Å². The van der Waals surface area contributed by atoms with E-state index in [-0.39, 0.29) is 24.1 Å². The van der Waals surface area contributed by atoms with Crippen LogP contribution in [0.4, 0.5) is 4.39 Å². The Balaban J connectivity index is 1.62. The molecule has 1 aromatic carbocycles. The van der Waals surface area contributed by atoms with Gasteiger partial charge in [-0.05, 0) is 60.0 Å². The van der Waals surface area contributed by atoms with Crippen molar-refractivity contribution >= 4 is 11.6 Å². The van der Waals surface area contributed by atoms with Gasteiger partial charge in [-0.25, -0.2) is 9.37 Å². The lowest BCUT2D eigenvalue weighted by Gasteiger charge is -2.17. The molecule has 4 aromatic rings. The molecule has 3 aromatic heterocycles. The molecule has 0 aliphatic rings. The Morgan fingerprint density at radius 2 is 2.00 bits per heavy atom. The van der Waals surface area contributed by atoms with Gasteiger partial charge in [0.1, 0.15) is 11.5 Å². The first-order valence-corrected chi connectivity index (χ1v) is 9.45. The topological polar surface area (TPSA) is 59.3 Å².